The number of rotatable bonds is 6. The van der Waals surface area contributed by atoms with Gasteiger partial charge in [0, 0.05) is 25.7 Å². The molecular weight excluding hydrogens is 294 g/mol. The Bertz CT molecular complexity index is 500. The highest BCUT2D eigenvalue weighted by atomic mass is 32.2. The predicted octanol–water partition coefficient (Wildman–Crippen LogP) is 1.95. The Hall–Kier alpha value is -0.500. The van der Waals surface area contributed by atoms with Gasteiger partial charge in [0.2, 0.25) is 10.0 Å². The standard InChI is InChI=1S/C13H23N3O2S2/c1-15(2)20(17,18)11-5-9-16-8-4-3-6-12(16)13-14-7-10-19-13/h7,10,12H,3-6,8-9,11H2,1-2H3. The van der Waals surface area contributed by atoms with Gasteiger partial charge in [0.05, 0.1) is 11.8 Å². The Morgan fingerprint density at radius 3 is 2.90 bits per heavy atom. The van der Waals surface area contributed by atoms with Gasteiger partial charge < -0.3 is 0 Å². The second kappa shape index (κ2) is 6.98. The van der Waals surface area contributed by atoms with E-state index < -0.39 is 10.0 Å². The van der Waals surface area contributed by atoms with Crippen LogP contribution < -0.4 is 0 Å². The first-order valence-corrected chi connectivity index (χ1v) is 9.53. The number of piperidine rings is 1. The lowest BCUT2D eigenvalue weighted by molar-refractivity contribution is 0.149. The van der Waals surface area contributed by atoms with E-state index >= 15 is 0 Å². The summed E-state index contributed by atoms with van der Waals surface area (Å²) in [7, 11) is 0.107. The minimum atomic E-state index is -3.08. The van der Waals surface area contributed by atoms with E-state index in [9.17, 15) is 8.42 Å². The molecule has 1 unspecified atom stereocenters. The summed E-state index contributed by atoms with van der Waals surface area (Å²) < 4.78 is 24.9. The van der Waals surface area contributed by atoms with E-state index in [2.05, 4.69) is 9.88 Å². The van der Waals surface area contributed by atoms with Crippen LogP contribution in [-0.4, -0.2) is 55.5 Å². The molecule has 0 aliphatic carbocycles. The molecule has 1 aromatic rings. The summed E-state index contributed by atoms with van der Waals surface area (Å²) in [6.07, 6.45) is 6.10. The number of likely N-dealkylation sites (tertiary alicyclic amines) is 1. The molecule has 1 saturated heterocycles. The van der Waals surface area contributed by atoms with Crippen LogP contribution in [0.2, 0.25) is 0 Å². The van der Waals surface area contributed by atoms with Gasteiger partial charge >= 0.3 is 0 Å². The largest absolute Gasteiger partial charge is 0.294 e. The molecule has 114 valence electrons. The summed E-state index contributed by atoms with van der Waals surface area (Å²) in [5.41, 5.74) is 0. The Labute approximate surface area is 125 Å². The van der Waals surface area contributed by atoms with Crippen molar-refractivity contribution in [2.24, 2.45) is 0 Å². The van der Waals surface area contributed by atoms with Gasteiger partial charge in [0.1, 0.15) is 5.01 Å². The van der Waals surface area contributed by atoms with E-state index in [4.69, 9.17) is 0 Å². The minimum Gasteiger partial charge on any atom is -0.294 e. The van der Waals surface area contributed by atoms with Gasteiger partial charge in [-0.3, -0.25) is 4.90 Å². The number of hydrogen-bond acceptors (Lipinski definition) is 5. The van der Waals surface area contributed by atoms with Crippen LogP contribution >= 0.6 is 11.3 Å². The van der Waals surface area contributed by atoms with Crippen LogP contribution in [0.25, 0.3) is 0 Å². The molecule has 1 atom stereocenters. The summed E-state index contributed by atoms with van der Waals surface area (Å²) in [5.74, 6) is 0.223. The van der Waals surface area contributed by atoms with Crippen molar-refractivity contribution >= 4 is 21.4 Å². The SMILES string of the molecule is CN(C)S(=O)(=O)CCCN1CCCCC1c1nccs1. The van der Waals surface area contributed by atoms with Gasteiger partial charge in [-0.2, -0.15) is 0 Å². The summed E-state index contributed by atoms with van der Waals surface area (Å²) in [5, 5.41) is 3.18. The number of hydrogen-bond donors (Lipinski definition) is 0. The second-order valence-corrected chi connectivity index (χ2v) is 8.60. The summed E-state index contributed by atoms with van der Waals surface area (Å²) >= 11 is 1.70. The van der Waals surface area contributed by atoms with Crippen molar-refractivity contribution in [2.75, 3.05) is 32.9 Å². The van der Waals surface area contributed by atoms with Crippen molar-refractivity contribution in [1.82, 2.24) is 14.2 Å². The third kappa shape index (κ3) is 4.00. The summed E-state index contributed by atoms with van der Waals surface area (Å²) in [4.78, 5) is 6.82. The Balaban J connectivity index is 1.90. The van der Waals surface area contributed by atoms with Crippen molar-refractivity contribution in [3.05, 3.63) is 16.6 Å². The average molecular weight is 317 g/mol. The van der Waals surface area contributed by atoms with Crippen molar-refractivity contribution in [3.8, 4) is 0 Å². The zero-order valence-electron chi connectivity index (χ0n) is 12.2. The van der Waals surface area contributed by atoms with E-state index in [1.54, 1.807) is 25.4 Å². The summed E-state index contributed by atoms with van der Waals surface area (Å²) in [6.45, 7) is 1.88. The molecule has 7 heteroatoms. The molecule has 0 saturated carbocycles. The normalized spacial score (nSPS) is 21.4. The van der Waals surface area contributed by atoms with Crippen LogP contribution in [0.1, 0.15) is 36.7 Å². The van der Waals surface area contributed by atoms with Crippen molar-refractivity contribution in [2.45, 2.75) is 31.7 Å². The van der Waals surface area contributed by atoms with Crippen molar-refractivity contribution in [3.63, 3.8) is 0 Å². The Morgan fingerprint density at radius 2 is 2.25 bits per heavy atom. The number of sulfonamides is 1. The molecule has 1 aliphatic rings. The molecule has 5 nitrogen and oxygen atoms in total. The van der Waals surface area contributed by atoms with E-state index in [0.717, 1.165) is 19.5 Å². The molecule has 0 spiro atoms. The van der Waals surface area contributed by atoms with Gasteiger partial charge in [0.15, 0.2) is 0 Å². The van der Waals surface area contributed by atoms with Crippen LogP contribution in [0.15, 0.2) is 11.6 Å². The third-order valence-corrected chi connectivity index (χ3v) is 6.55. The fraction of sp³-hybridized carbons (Fsp3) is 0.769. The lowest BCUT2D eigenvalue weighted by Gasteiger charge is -2.34. The van der Waals surface area contributed by atoms with Crippen LogP contribution in [-0.2, 0) is 10.0 Å². The number of aromatic nitrogens is 1. The molecular formula is C13H23N3O2S2. The van der Waals surface area contributed by atoms with Gasteiger partial charge in [0.25, 0.3) is 0 Å². The van der Waals surface area contributed by atoms with Crippen LogP contribution in [0.3, 0.4) is 0 Å². The monoisotopic (exact) mass is 317 g/mol. The fourth-order valence-electron chi connectivity index (χ4n) is 2.57. The van der Waals surface area contributed by atoms with Crippen molar-refractivity contribution in [1.29, 1.82) is 0 Å². The quantitative estimate of drug-likeness (QED) is 0.805. The van der Waals surface area contributed by atoms with E-state index in [-0.39, 0.29) is 5.75 Å². The highest BCUT2D eigenvalue weighted by Gasteiger charge is 2.26. The molecule has 0 N–H and O–H groups in total. The van der Waals surface area contributed by atoms with Crippen LogP contribution in [0.4, 0.5) is 0 Å². The molecule has 0 radical (unpaired) electrons. The zero-order valence-corrected chi connectivity index (χ0v) is 13.8. The smallest absolute Gasteiger partial charge is 0.213 e. The van der Waals surface area contributed by atoms with Crippen LogP contribution in [0.5, 0.6) is 0 Å². The molecule has 0 amide bonds. The van der Waals surface area contributed by atoms with Gasteiger partial charge in [-0.1, -0.05) is 6.42 Å². The van der Waals surface area contributed by atoms with Crippen LogP contribution in [0, 0.1) is 0 Å². The highest BCUT2D eigenvalue weighted by molar-refractivity contribution is 7.89. The number of thiazole rings is 1. The molecule has 0 bridgehead atoms. The first kappa shape index (κ1) is 15.9. The number of nitrogens with zero attached hydrogens (tertiary/aromatic N) is 3. The lowest BCUT2D eigenvalue weighted by atomic mass is 10.0. The highest BCUT2D eigenvalue weighted by Crippen LogP contribution is 2.31. The van der Waals surface area contributed by atoms with Gasteiger partial charge in [-0.25, -0.2) is 17.7 Å². The fourth-order valence-corrected chi connectivity index (χ4v) is 4.24. The third-order valence-electron chi connectivity index (χ3n) is 3.75. The zero-order chi connectivity index (χ0) is 14.6. The predicted molar refractivity (Wildman–Crippen MR) is 82.4 cm³/mol. The lowest BCUT2D eigenvalue weighted by Crippen LogP contribution is -2.35. The first-order chi connectivity index (χ1) is 9.50. The molecule has 2 heterocycles. The van der Waals surface area contributed by atoms with E-state index in [0.29, 0.717) is 12.5 Å². The maximum Gasteiger partial charge on any atom is 0.213 e. The molecule has 1 aromatic heterocycles. The molecule has 0 aromatic carbocycles. The maximum absolute atomic E-state index is 11.8. The van der Waals surface area contributed by atoms with Crippen molar-refractivity contribution < 1.29 is 8.42 Å². The molecule has 1 fully saturated rings. The average Bonchev–Trinajstić information content (AvgIpc) is 2.92. The van der Waals surface area contributed by atoms with E-state index in [1.165, 1.54) is 22.2 Å². The van der Waals surface area contributed by atoms with E-state index in [1.807, 2.05) is 11.6 Å². The maximum atomic E-state index is 11.8. The van der Waals surface area contributed by atoms with Gasteiger partial charge in [-0.05, 0) is 32.4 Å². The Kier molecular flexibility index (Phi) is 5.54. The first-order valence-electron chi connectivity index (χ1n) is 7.04. The minimum absolute atomic E-state index is 0.223. The molecule has 2 rings (SSSR count). The summed E-state index contributed by atoms with van der Waals surface area (Å²) in [6, 6.07) is 0.380. The second-order valence-electron chi connectivity index (χ2n) is 5.37. The Morgan fingerprint density at radius 1 is 1.45 bits per heavy atom. The molecule has 20 heavy (non-hydrogen) atoms. The topological polar surface area (TPSA) is 53.5 Å². The van der Waals surface area contributed by atoms with Gasteiger partial charge in [-0.15, -0.1) is 11.3 Å². The molecule has 1 aliphatic heterocycles.